The van der Waals surface area contributed by atoms with Crippen LogP contribution in [0, 0.1) is 0 Å². The van der Waals surface area contributed by atoms with Gasteiger partial charge in [0, 0.05) is 40.8 Å². The highest BCUT2D eigenvalue weighted by Crippen LogP contribution is 2.37. The molecule has 32 heavy (non-hydrogen) atoms. The van der Waals surface area contributed by atoms with E-state index in [4.69, 9.17) is 0 Å². The fourth-order valence-corrected chi connectivity index (χ4v) is 7.83. The zero-order valence-corrected chi connectivity index (χ0v) is 19.8. The van der Waals surface area contributed by atoms with Gasteiger partial charge in [-0.05, 0) is 61.9 Å². The number of nitrogens with one attached hydrogen (secondary N) is 1. The summed E-state index contributed by atoms with van der Waals surface area (Å²) in [4.78, 5) is 35.5. The van der Waals surface area contributed by atoms with Crippen molar-refractivity contribution in [2.75, 3.05) is 13.1 Å². The van der Waals surface area contributed by atoms with Crippen molar-refractivity contribution in [3.8, 4) is 5.00 Å². The molecule has 2 aliphatic rings. The number of likely N-dealkylation sites (N-methyl/N-ethyl adjacent to an activating group) is 1. The van der Waals surface area contributed by atoms with Crippen LogP contribution in [0.15, 0.2) is 34.1 Å². The van der Waals surface area contributed by atoms with Crippen LogP contribution in [0.3, 0.4) is 0 Å². The van der Waals surface area contributed by atoms with Crippen molar-refractivity contribution in [3.05, 3.63) is 71.8 Å². The minimum absolute atomic E-state index is 0.132. The Balaban J connectivity index is 1.51. The lowest BCUT2D eigenvalue weighted by atomic mass is 9.97. The summed E-state index contributed by atoms with van der Waals surface area (Å²) in [6.07, 6.45) is 9.27. The first-order valence-corrected chi connectivity index (χ1v) is 13.0. The molecule has 0 saturated heterocycles. The predicted molar refractivity (Wildman–Crippen MR) is 131 cm³/mol. The van der Waals surface area contributed by atoms with Crippen LogP contribution in [0.25, 0.3) is 15.2 Å². The largest absolute Gasteiger partial charge is 0.329 e. The van der Waals surface area contributed by atoms with Crippen LogP contribution in [0.4, 0.5) is 0 Å². The highest BCUT2D eigenvalue weighted by atomic mass is 32.1. The lowest BCUT2D eigenvalue weighted by Crippen LogP contribution is -2.36. The summed E-state index contributed by atoms with van der Waals surface area (Å²) in [5, 5.41) is 1.87. The first-order chi connectivity index (χ1) is 15.6. The van der Waals surface area contributed by atoms with Crippen molar-refractivity contribution < 1.29 is 0 Å². The smallest absolute Gasteiger partial charge is 0.315 e. The van der Waals surface area contributed by atoms with Crippen LogP contribution in [0.5, 0.6) is 0 Å². The van der Waals surface area contributed by atoms with Crippen LogP contribution < -0.4 is 11.2 Å². The number of hydrogen-bond acceptors (Lipinski definition) is 5. The molecule has 0 bridgehead atoms. The van der Waals surface area contributed by atoms with Gasteiger partial charge in [-0.25, -0.2) is 4.79 Å². The Morgan fingerprint density at radius 1 is 1.00 bits per heavy atom. The average molecular weight is 467 g/mol. The Morgan fingerprint density at radius 2 is 1.81 bits per heavy atom. The van der Waals surface area contributed by atoms with Crippen molar-refractivity contribution in [1.82, 2.24) is 19.0 Å². The molecule has 0 amide bonds. The van der Waals surface area contributed by atoms with E-state index in [1.165, 1.54) is 25.4 Å². The Hall–Kier alpha value is -2.42. The molecule has 6 nitrogen and oxygen atoms in total. The minimum atomic E-state index is -0.300. The van der Waals surface area contributed by atoms with Crippen LogP contribution in [0.2, 0.25) is 0 Å². The van der Waals surface area contributed by atoms with E-state index in [0.29, 0.717) is 6.54 Å². The van der Waals surface area contributed by atoms with Crippen molar-refractivity contribution >= 4 is 32.9 Å². The van der Waals surface area contributed by atoms with Crippen molar-refractivity contribution in [3.63, 3.8) is 0 Å². The van der Waals surface area contributed by atoms with Gasteiger partial charge in [-0.2, -0.15) is 0 Å². The lowest BCUT2D eigenvalue weighted by Gasteiger charge is -2.25. The van der Waals surface area contributed by atoms with E-state index in [0.717, 1.165) is 72.5 Å². The number of aromatic amines is 1. The monoisotopic (exact) mass is 466 g/mol. The minimum Gasteiger partial charge on any atom is -0.315 e. The molecule has 5 heterocycles. The molecule has 166 valence electrons. The summed E-state index contributed by atoms with van der Waals surface area (Å²) in [7, 11) is 0. The zero-order valence-electron chi connectivity index (χ0n) is 18.1. The highest BCUT2D eigenvalue weighted by molar-refractivity contribution is 7.18. The summed E-state index contributed by atoms with van der Waals surface area (Å²) < 4.78 is 3.56. The maximum Gasteiger partial charge on any atom is 0.329 e. The number of thiophene rings is 2. The first-order valence-electron chi connectivity index (χ1n) is 11.4. The molecule has 0 radical (unpaired) electrons. The maximum absolute atomic E-state index is 13.6. The SMILES string of the molecule is CCN1CCc2c(sc(-n3cccc3)c2Cn2c(=O)[nH]c3sc4c(c3c2=O)CCCC4)C1. The molecule has 8 heteroatoms. The number of fused-ring (bicyclic) bond motifs is 4. The van der Waals surface area contributed by atoms with E-state index in [-0.39, 0.29) is 11.2 Å². The third-order valence-electron chi connectivity index (χ3n) is 6.92. The van der Waals surface area contributed by atoms with Crippen LogP contribution in [-0.4, -0.2) is 32.1 Å². The second-order valence-electron chi connectivity index (χ2n) is 8.73. The Kier molecular flexibility index (Phi) is 4.97. The maximum atomic E-state index is 13.6. The predicted octanol–water partition coefficient (Wildman–Crippen LogP) is 3.91. The van der Waals surface area contributed by atoms with Gasteiger partial charge >= 0.3 is 5.69 Å². The number of H-pyrrole nitrogens is 1. The molecule has 0 saturated carbocycles. The van der Waals surface area contributed by atoms with Gasteiger partial charge in [-0.1, -0.05) is 6.92 Å². The Labute approximate surface area is 193 Å². The van der Waals surface area contributed by atoms with E-state index in [9.17, 15) is 9.59 Å². The average Bonchev–Trinajstić information content (AvgIpc) is 3.52. The van der Waals surface area contributed by atoms with Crippen LogP contribution >= 0.6 is 22.7 Å². The van der Waals surface area contributed by atoms with Gasteiger partial charge in [0.2, 0.25) is 0 Å². The standard InChI is InChI=1S/C24H26N4O2S2/c1-2-26-12-9-15-17(23(32-19(15)14-26)27-10-5-6-11-27)13-28-22(29)20-16-7-3-4-8-18(16)31-21(20)25-24(28)30/h5-6,10-11H,2-4,7-9,12-14H2,1H3,(H,25,30). The Morgan fingerprint density at radius 3 is 2.62 bits per heavy atom. The van der Waals surface area contributed by atoms with Gasteiger partial charge in [0.05, 0.1) is 11.9 Å². The summed E-state index contributed by atoms with van der Waals surface area (Å²) in [6.45, 7) is 5.50. The summed E-state index contributed by atoms with van der Waals surface area (Å²) in [5.74, 6) is 0. The second kappa shape index (κ2) is 7.86. The fraction of sp³-hybridized carbons (Fsp3) is 0.417. The van der Waals surface area contributed by atoms with E-state index in [1.807, 2.05) is 24.5 Å². The normalized spacial score (nSPS) is 16.4. The van der Waals surface area contributed by atoms with Gasteiger partial charge in [-0.3, -0.25) is 19.2 Å². The molecule has 0 spiro atoms. The fourth-order valence-electron chi connectivity index (χ4n) is 5.19. The molecule has 0 aromatic carbocycles. The molecule has 0 unspecified atom stereocenters. The van der Waals surface area contributed by atoms with Gasteiger partial charge in [0.1, 0.15) is 9.83 Å². The lowest BCUT2D eigenvalue weighted by molar-refractivity contribution is 0.271. The highest BCUT2D eigenvalue weighted by Gasteiger charge is 2.26. The third-order valence-corrected chi connectivity index (χ3v) is 9.40. The van der Waals surface area contributed by atoms with Gasteiger partial charge in [0.25, 0.3) is 5.56 Å². The van der Waals surface area contributed by atoms with Crippen molar-refractivity contribution in [2.24, 2.45) is 0 Å². The molecule has 4 aromatic heterocycles. The molecule has 0 atom stereocenters. The summed E-state index contributed by atoms with van der Waals surface area (Å²) in [5.41, 5.74) is 3.18. The number of aryl methyl sites for hydroxylation is 2. The molecule has 6 rings (SSSR count). The topological polar surface area (TPSA) is 63.0 Å². The molecule has 1 aliphatic heterocycles. The molecule has 1 aliphatic carbocycles. The van der Waals surface area contributed by atoms with Crippen LogP contribution in [-0.2, 0) is 32.4 Å². The quantitative estimate of drug-likeness (QED) is 0.496. The number of hydrogen-bond donors (Lipinski definition) is 1. The van der Waals surface area contributed by atoms with Gasteiger partial charge < -0.3 is 4.57 Å². The first kappa shape index (κ1) is 20.2. The van der Waals surface area contributed by atoms with E-state index in [1.54, 1.807) is 22.7 Å². The molecule has 0 fully saturated rings. The van der Waals surface area contributed by atoms with E-state index in [2.05, 4.69) is 21.4 Å². The summed E-state index contributed by atoms with van der Waals surface area (Å²) >= 11 is 3.39. The van der Waals surface area contributed by atoms with E-state index >= 15 is 0 Å². The molecular weight excluding hydrogens is 440 g/mol. The van der Waals surface area contributed by atoms with E-state index < -0.39 is 0 Å². The van der Waals surface area contributed by atoms with Gasteiger partial charge in [0.15, 0.2) is 0 Å². The third kappa shape index (κ3) is 3.16. The zero-order chi connectivity index (χ0) is 21.8. The number of nitrogens with zero attached hydrogens (tertiary/aromatic N) is 3. The molecule has 1 N–H and O–H groups in total. The molecule has 4 aromatic rings. The Bertz CT molecular complexity index is 1420. The summed E-state index contributed by atoms with van der Waals surface area (Å²) in [6, 6.07) is 4.03. The van der Waals surface area contributed by atoms with Crippen molar-refractivity contribution in [1.29, 1.82) is 0 Å². The molecular formula is C24H26N4O2S2. The van der Waals surface area contributed by atoms with Gasteiger partial charge in [-0.15, -0.1) is 22.7 Å². The second-order valence-corrected chi connectivity index (χ2v) is 10.9. The number of rotatable bonds is 4. The number of aromatic nitrogens is 3. The van der Waals surface area contributed by atoms with Crippen LogP contribution in [0.1, 0.15) is 46.2 Å². The van der Waals surface area contributed by atoms with Crippen molar-refractivity contribution in [2.45, 2.75) is 52.1 Å².